The minimum Gasteiger partial charge on any atom is -0.462 e. The number of esters is 1. The number of carbonyl (C=O) groups excluding carboxylic acids is 1. The van der Waals surface area contributed by atoms with E-state index in [4.69, 9.17) is 37.9 Å². The van der Waals surface area contributed by atoms with Crippen molar-refractivity contribution in [3.05, 3.63) is 72.1 Å². The van der Waals surface area contributed by atoms with E-state index < -0.39 is 69.2 Å². The predicted molar refractivity (Wildman–Crippen MR) is 275 cm³/mol. The second kappa shape index (κ2) is 37.3. The van der Waals surface area contributed by atoms with Gasteiger partial charge in [0.2, 0.25) is 0 Å². The van der Waals surface area contributed by atoms with Crippen LogP contribution in [-0.2, 0) is 51.0 Å². The summed E-state index contributed by atoms with van der Waals surface area (Å²) in [5, 5.41) is 84.5. The Labute approximate surface area is 437 Å². The Kier molecular flexibility index (Phi) is 32.6. The van der Waals surface area contributed by atoms with Crippen LogP contribution >= 0.6 is 0 Å². The van der Waals surface area contributed by atoms with Gasteiger partial charge < -0.3 is 78.7 Å². The van der Waals surface area contributed by atoms with Crippen molar-refractivity contribution in [3.63, 3.8) is 0 Å². The van der Waals surface area contributed by atoms with Gasteiger partial charge in [-0.25, -0.2) is 4.79 Å². The zero-order valence-corrected chi connectivity index (χ0v) is 44.3. The van der Waals surface area contributed by atoms with Crippen molar-refractivity contribution in [1.82, 2.24) is 15.0 Å². The van der Waals surface area contributed by atoms with Gasteiger partial charge in [-0.05, 0) is 66.2 Å². The van der Waals surface area contributed by atoms with Crippen molar-refractivity contribution < 1.29 is 83.5 Å². The normalized spacial score (nSPS) is 15.1. The Morgan fingerprint density at radius 3 is 1.46 bits per heavy atom. The molecule has 20 nitrogen and oxygen atoms in total. The van der Waals surface area contributed by atoms with Gasteiger partial charge in [0.25, 0.3) is 0 Å². The summed E-state index contributed by atoms with van der Waals surface area (Å²) in [6, 6.07) is 17.6. The van der Waals surface area contributed by atoms with Crippen LogP contribution in [0.15, 0.2) is 60.8 Å². The molecule has 0 radical (unpaired) electrons. The van der Waals surface area contributed by atoms with Gasteiger partial charge in [-0.2, -0.15) is 0 Å². The Hall–Kier alpha value is -3.55. The number of nitrogens with zero attached hydrogens (tertiary/aromatic N) is 3. The number of aliphatic hydroxyl groups is 8. The third-order valence-corrected chi connectivity index (χ3v) is 12.0. The highest BCUT2D eigenvalue weighted by Crippen LogP contribution is 2.40. The lowest BCUT2D eigenvalue weighted by Gasteiger charge is -2.35. The molecular weight excluding hydrogens is 963 g/mol. The summed E-state index contributed by atoms with van der Waals surface area (Å²) in [5.74, 6) is -0.287. The number of benzene rings is 2. The molecule has 3 rings (SSSR count). The van der Waals surface area contributed by atoms with Gasteiger partial charge in [-0.15, -0.1) is 5.10 Å². The molecule has 0 saturated heterocycles. The van der Waals surface area contributed by atoms with Crippen molar-refractivity contribution in [2.24, 2.45) is 10.8 Å². The van der Waals surface area contributed by atoms with E-state index in [9.17, 15) is 45.6 Å². The molecule has 8 N–H and O–H groups in total. The first kappa shape index (κ1) is 64.7. The molecule has 0 aliphatic rings. The highest BCUT2D eigenvalue weighted by Gasteiger charge is 2.28. The van der Waals surface area contributed by atoms with Crippen LogP contribution in [0.25, 0.3) is 11.1 Å². The largest absolute Gasteiger partial charge is 0.462 e. The average molecular weight is 1050 g/mol. The first-order valence-electron chi connectivity index (χ1n) is 26.1. The number of aromatic nitrogens is 3. The van der Waals surface area contributed by atoms with Crippen LogP contribution in [0.1, 0.15) is 102 Å². The minimum absolute atomic E-state index is 0.0473. The summed E-state index contributed by atoms with van der Waals surface area (Å²) >= 11 is 0. The van der Waals surface area contributed by atoms with Gasteiger partial charge in [0, 0.05) is 6.54 Å². The number of carbonyl (C=O) groups is 1. The molecular formula is C54H89N3O17. The highest BCUT2D eigenvalue weighted by atomic mass is 16.6. The number of aryl methyl sites for hydroxylation is 1. The lowest BCUT2D eigenvalue weighted by molar-refractivity contribution is -0.141. The molecule has 3 aromatic rings. The fraction of sp³-hybridized carbons (Fsp3) is 0.722. The zero-order chi connectivity index (χ0) is 54.0. The molecule has 0 saturated carbocycles. The standard InChI is InChI=1S/C54H89N3O17/c1-53(2,40-54(3,4)21-11-7-13-23-71-52(66)43-18-16-42(17-19-43)41-14-8-5-9-15-41)20-10-6-12-22-57-24-44(55-56-57)29-72-51(38-73-49(34-67-30-45(62)25-58)35-68-31-46(63)26-59)39-74-50(36-69-32-47(64)27-60)37-70-33-48(65)28-61/h5,8-9,14-19,24,45-51,58-65H,6-7,10-13,20-23,25-40H2,1-4H3. The molecule has 1 heterocycles. The maximum atomic E-state index is 12.6. The van der Waals surface area contributed by atoms with Gasteiger partial charge in [-0.1, -0.05) is 101 Å². The summed E-state index contributed by atoms with van der Waals surface area (Å²) in [6.45, 7) is 7.57. The maximum absolute atomic E-state index is 12.6. The number of hydrogen-bond donors (Lipinski definition) is 8. The Bertz CT molecular complexity index is 1780. The van der Waals surface area contributed by atoms with E-state index in [1.54, 1.807) is 4.68 Å². The van der Waals surface area contributed by atoms with Crippen molar-refractivity contribution in [2.45, 2.75) is 141 Å². The molecule has 0 bridgehead atoms. The van der Waals surface area contributed by atoms with Crippen molar-refractivity contribution in [3.8, 4) is 11.1 Å². The summed E-state index contributed by atoms with van der Waals surface area (Å²) in [6.07, 6.45) is 4.49. The molecule has 20 heteroatoms. The van der Waals surface area contributed by atoms with E-state index in [1.807, 2.05) is 60.8 Å². The molecule has 1 aromatic heterocycles. The Morgan fingerprint density at radius 2 is 0.986 bits per heavy atom. The molecule has 0 amide bonds. The second-order valence-corrected chi connectivity index (χ2v) is 20.5. The van der Waals surface area contributed by atoms with E-state index in [2.05, 4.69) is 38.0 Å². The van der Waals surface area contributed by atoms with Crippen molar-refractivity contribution in [1.29, 1.82) is 0 Å². The lowest BCUT2D eigenvalue weighted by atomic mass is 9.70. The topological polar surface area (TPSA) is 283 Å². The highest BCUT2D eigenvalue weighted by molar-refractivity contribution is 5.90. The monoisotopic (exact) mass is 1050 g/mol. The van der Waals surface area contributed by atoms with Crippen LogP contribution in [0.5, 0.6) is 0 Å². The lowest BCUT2D eigenvalue weighted by Crippen LogP contribution is -2.37. The third-order valence-electron chi connectivity index (χ3n) is 12.0. The van der Waals surface area contributed by atoms with Crippen LogP contribution < -0.4 is 0 Å². The van der Waals surface area contributed by atoms with Gasteiger partial charge in [0.05, 0.1) is 117 Å². The van der Waals surface area contributed by atoms with E-state index in [0.717, 1.165) is 68.9 Å². The van der Waals surface area contributed by atoms with Crippen LogP contribution in [-0.4, -0.2) is 204 Å². The van der Waals surface area contributed by atoms with Crippen molar-refractivity contribution in [2.75, 3.05) is 99.1 Å². The van der Waals surface area contributed by atoms with E-state index >= 15 is 0 Å². The molecule has 0 aliphatic heterocycles. The Balaban J connectivity index is 1.46. The summed E-state index contributed by atoms with van der Waals surface area (Å²) in [5.41, 5.74) is 3.66. The van der Waals surface area contributed by atoms with Crippen LogP contribution in [0.4, 0.5) is 0 Å². The van der Waals surface area contributed by atoms with Crippen molar-refractivity contribution >= 4 is 5.97 Å². The quantitative estimate of drug-likeness (QED) is 0.0297. The maximum Gasteiger partial charge on any atom is 0.338 e. The molecule has 74 heavy (non-hydrogen) atoms. The smallest absolute Gasteiger partial charge is 0.338 e. The van der Waals surface area contributed by atoms with E-state index in [0.29, 0.717) is 24.4 Å². The minimum atomic E-state index is -1.10. The average Bonchev–Trinajstić information content (AvgIpc) is 3.85. The molecule has 4 unspecified atom stereocenters. The van der Waals surface area contributed by atoms with E-state index in [1.165, 1.54) is 0 Å². The Morgan fingerprint density at radius 1 is 0.541 bits per heavy atom. The first-order chi connectivity index (χ1) is 35.5. The van der Waals surface area contributed by atoms with Gasteiger partial charge in [0.1, 0.15) is 48.4 Å². The predicted octanol–water partition coefficient (Wildman–Crippen LogP) is 3.50. The molecule has 0 spiro atoms. The molecule has 0 fully saturated rings. The summed E-state index contributed by atoms with van der Waals surface area (Å²) in [7, 11) is 0. The number of ether oxygens (including phenoxy) is 8. The van der Waals surface area contributed by atoms with Gasteiger partial charge >= 0.3 is 5.97 Å². The van der Waals surface area contributed by atoms with E-state index in [-0.39, 0.29) is 89.5 Å². The SMILES string of the molecule is CC(C)(CCCCCOC(=O)c1ccc(-c2ccccc2)cc1)CC(C)(C)CCCCCn1cc(COC(COC(COCC(O)CO)COCC(O)CO)COC(COCC(O)CO)COCC(O)CO)nn1. The van der Waals surface area contributed by atoms with Crippen LogP contribution in [0.2, 0.25) is 0 Å². The first-order valence-corrected chi connectivity index (χ1v) is 26.1. The van der Waals surface area contributed by atoms with Gasteiger partial charge in [-0.3, -0.25) is 4.68 Å². The number of hydrogen-bond acceptors (Lipinski definition) is 19. The fourth-order valence-electron chi connectivity index (χ4n) is 8.28. The van der Waals surface area contributed by atoms with Gasteiger partial charge in [0.15, 0.2) is 0 Å². The third kappa shape index (κ3) is 29.1. The molecule has 4 atom stereocenters. The fourth-order valence-corrected chi connectivity index (χ4v) is 8.28. The van der Waals surface area contributed by atoms with Crippen LogP contribution in [0.3, 0.4) is 0 Å². The second-order valence-electron chi connectivity index (χ2n) is 20.5. The van der Waals surface area contributed by atoms with Crippen LogP contribution in [0, 0.1) is 10.8 Å². The summed E-state index contributed by atoms with van der Waals surface area (Å²) in [4.78, 5) is 12.6. The number of aliphatic hydroxyl groups excluding tert-OH is 8. The molecule has 0 aliphatic carbocycles. The zero-order valence-electron chi connectivity index (χ0n) is 44.3. The number of rotatable bonds is 45. The molecule has 422 valence electrons. The summed E-state index contributed by atoms with van der Waals surface area (Å²) < 4.78 is 48.0. The number of unbranched alkanes of at least 4 members (excludes halogenated alkanes) is 4. The molecule has 2 aromatic carbocycles.